The van der Waals surface area contributed by atoms with E-state index in [0.717, 1.165) is 32.4 Å². The molecule has 2 unspecified atom stereocenters. The molecule has 32 nitrogen and oxygen atoms in total. The Morgan fingerprint density at radius 2 is 1.42 bits per heavy atom. The van der Waals surface area contributed by atoms with Crippen molar-refractivity contribution < 1.29 is 85.4 Å². The minimum Gasteiger partial charge on any atom is -0.387 e. The maximum Gasteiger partial charge on any atom is 0.472 e. The van der Waals surface area contributed by atoms with E-state index in [1.807, 2.05) is 4.98 Å². The largest absolute Gasteiger partial charge is 0.472 e. The van der Waals surface area contributed by atoms with E-state index in [2.05, 4.69) is 24.5 Å². The molecule has 4 aromatic heterocycles. The van der Waals surface area contributed by atoms with E-state index in [9.17, 15) is 67.8 Å². The fourth-order valence-electron chi connectivity index (χ4n) is 6.88. The van der Waals surface area contributed by atoms with Gasteiger partial charge in [0.25, 0.3) is 11.1 Å². The summed E-state index contributed by atoms with van der Waals surface area (Å²) in [4.78, 5) is 105. The molecule has 0 amide bonds. The van der Waals surface area contributed by atoms with E-state index in [1.165, 1.54) is 13.0 Å². The van der Waals surface area contributed by atoms with Crippen LogP contribution in [0, 0.1) is 6.92 Å². The number of aromatic nitrogens is 8. The molecule has 13 atom stereocenters. The summed E-state index contributed by atoms with van der Waals surface area (Å²) in [5.41, 5.74) is 7.18. The first-order chi connectivity index (χ1) is 29.9. The average molecular weight is 973 g/mol. The highest BCUT2D eigenvalue weighted by Gasteiger charge is 2.52. The highest BCUT2D eigenvalue weighted by Crippen LogP contribution is 2.52. The average Bonchev–Trinajstić information content (AvgIpc) is 3.94. The third-order valence-corrected chi connectivity index (χ3v) is 12.4. The number of aryl methyl sites for hydroxylation is 1. The molecule has 3 aliphatic rings. The molecule has 7 rings (SSSR count). The lowest BCUT2D eigenvalue weighted by atomic mass is 10.1. The molecule has 4 aromatic rings. The second-order valence-electron chi connectivity index (χ2n) is 14.3. The number of nitrogen functional groups attached to an aromatic ring is 2. The first kappa shape index (κ1) is 47.6. The van der Waals surface area contributed by atoms with Gasteiger partial charge in [-0.15, -0.1) is 0 Å². The molecule has 3 aliphatic heterocycles. The molecule has 3 saturated heterocycles. The standard InChI is InChI=1S/C29H39N10O22P3/c1-10-5-38(29(46)36-23(10)43)16-4-11(12(57-16)6-54-62(47,48)49)60-63(50,51)56-8-14-21(20(42)26(59-14)39-9-32-17-22(39)34-27(31)35-24(17)44)61-64(52,53)55-7-13-18(40)19(41)25(58-13)37-3-2-15(30)33-28(37)45/h2-3,5,9,11-14,16,18-21,25-26,40-42H,4,6-8H2,1H3,(H,50,51)(H,52,53)(H2,30,33,45)(H,36,43,46)(H2,47,48,49)(H3,31,34,35,44)/t11-,12+,13+,14+,16+,18+,19+,20+,21+,25+,26+/m0/s1. The predicted molar refractivity (Wildman–Crippen MR) is 205 cm³/mol. The number of H-pyrrole nitrogens is 2. The third-order valence-electron chi connectivity index (χ3n) is 9.87. The van der Waals surface area contributed by atoms with Crippen LogP contribution in [0.15, 0.2) is 44.0 Å². The number of aliphatic hydroxyl groups is 3. The van der Waals surface area contributed by atoms with Crippen LogP contribution in [0.25, 0.3) is 11.2 Å². The van der Waals surface area contributed by atoms with Crippen molar-refractivity contribution in [3.05, 3.63) is 72.0 Å². The Kier molecular flexibility index (Phi) is 13.5. The van der Waals surface area contributed by atoms with Gasteiger partial charge in [0.15, 0.2) is 23.6 Å². The number of anilines is 2. The molecule has 3 fully saturated rings. The van der Waals surface area contributed by atoms with Gasteiger partial charge in [0, 0.05) is 24.4 Å². The number of ether oxygens (including phenoxy) is 3. The van der Waals surface area contributed by atoms with Crippen LogP contribution >= 0.6 is 23.5 Å². The van der Waals surface area contributed by atoms with Gasteiger partial charge in [-0.05, 0) is 13.0 Å². The fourth-order valence-corrected chi connectivity index (χ4v) is 9.15. The van der Waals surface area contributed by atoms with E-state index in [1.54, 1.807) is 0 Å². The van der Waals surface area contributed by atoms with Gasteiger partial charge in [-0.25, -0.2) is 28.3 Å². The number of hydrogen-bond acceptors (Lipinski definition) is 23. The first-order valence-corrected chi connectivity index (χ1v) is 22.8. The van der Waals surface area contributed by atoms with Crippen LogP contribution in [-0.4, -0.2) is 142 Å². The molecular formula is C29H39N10O22P3. The van der Waals surface area contributed by atoms with Crippen LogP contribution < -0.4 is 34.0 Å². The van der Waals surface area contributed by atoms with Crippen molar-refractivity contribution in [3.8, 4) is 0 Å². The lowest BCUT2D eigenvalue weighted by Crippen LogP contribution is -2.37. The van der Waals surface area contributed by atoms with Crippen LogP contribution in [0.2, 0.25) is 0 Å². The number of aromatic amines is 2. The summed E-state index contributed by atoms with van der Waals surface area (Å²) >= 11 is 0. The van der Waals surface area contributed by atoms with Gasteiger partial charge >= 0.3 is 34.8 Å². The summed E-state index contributed by atoms with van der Waals surface area (Å²) in [6.07, 6.45) is -16.2. The number of fused-ring (bicyclic) bond motifs is 1. The monoisotopic (exact) mass is 972 g/mol. The SMILES string of the molecule is Cc1cn([C@H]2C[C@H](OP(=O)(O)OC[C@H]3O[C@@H](n4cnc5c(=O)[nH]c(N)nc54)[C@H](O)[C@@H]3OP(=O)(O)OC[C@H]3O[C@@H](n4ccc(N)nc4=O)[C@H](O)[C@@H]3O)[C@@H](COP(=O)(O)O)O2)c(=O)[nH]c1=O. The maximum absolute atomic E-state index is 13.5. The number of phosphoric ester groups is 3. The van der Waals surface area contributed by atoms with Crippen LogP contribution in [0.1, 0.15) is 30.7 Å². The van der Waals surface area contributed by atoms with Crippen LogP contribution in [0.5, 0.6) is 0 Å². The van der Waals surface area contributed by atoms with Crippen LogP contribution in [-0.2, 0) is 50.5 Å². The lowest BCUT2D eigenvalue weighted by molar-refractivity contribution is -0.0631. The number of hydrogen-bond donors (Lipinski definition) is 11. The number of nitrogens with two attached hydrogens (primary N) is 2. The zero-order chi connectivity index (χ0) is 46.6. The number of rotatable bonds is 16. The zero-order valence-electron chi connectivity index (χ0n) is 32.4. The van der Waals surface area contributed by atoms with Crippen molar-refractivity contribution in [3.63, 3.8) is 0 Å². The van der Waals surface area contributed by atoms with E-state index < -0.39 is 146 Å². The second kappa shape index (κ2) is 18.1. The van der Waals surface area contributed by atoms with Crippen molar-refractivity contribution in [2.75, 3.05) is 31.3 Å². The number of nitrogens with zero attached hydrogens (tertiary/aromatic N) is 6. The Bertz CT molecular complexity index is 2780. The third kappa shape index (κ3) is 10.3. The summed E-state index contributed by atoms with van der Waals surface area (Å²) in [5, 5.41) is 32.7. The molecule has 13 N–H and O–H groups in total. The Morgan fingerprint density at radius 1 is 0.781 bits per heavy atom. The Labute approximate surface area is 354 Å². The van der Waals surface area contributed by atoms with Crippen molar-refractivity contribution in [2.45, 2.75) is 80.9 Å². The van der Waals surface area contributed by atoms with Gasteiger partial charge in [-0.1, -0.05) is 0 Å². The molecule has 352 valence electrons. The van der Waals surface area contributed by atoms with Gasteiger partial charge in [0.2, 0.25) is 5.95 Å². The Morgan fingerprint density at radius 3 is 2.11 bits per heavy atom. The molecule has 0 saturated carbocycles. The zero-order valence-corrected chi connectivity index (χ0v) is 35.1. The highest BCUT2D eigenvalue weighted by molar-refractivity contribution is 7.47. The smallest absolute Gasteiger partial charge is 0.387 e. The van der Waals surface area contributed by atoms with Gasteiger partial charge in [-0.2, -0.15) is 9.97 Å². The quantitative estimate of drug-likeness (QED) is 0.0473. The molecule has 35 heteroatoms. The second-order valence-corrected chi connectivity index (χ2v) is 18.3. The number of aliphatic hydroxyl groups excluding tert-OH is 3. The summed E-state index contributed by atoms with van der Waals surface area (Å²) in [7, 11) is -16.0. The molecular weight excluding hydrogens is 933 g/mol. The molecule has 0 bridgehead atoms. The first-order valence-electron chi connectivity index (χ1n) is 18.3. The minimum absolute atomic E-state index is 0.0511. The van der Waals surface area contributed by atoms with Crippen molar-refractivity contribution >= 4 is 46.4 Å². The van der Waals surface area contributed by atoms with E-state index in [-0.39, 0.29) is 22.5 Å². The van der Waals surface area contributed by atoms with Crippen LogP contribution in [0.3, 0.4) is 0 Å². The van der Waals surface area contributed by atoms with Crippen molar-refractivity contribution in [1.82, 2.24) is 38.6 Å². The summed E-state index contributed by atoms with van der Waals surface area (Å²) in [6, 6.07) is 1.20. The molecule has 7 heterocycles. The van der Waals surface area contributed by atoms with Gasteiger partial charge in [0.05, 0.1) is 26.1 Å². The van der Waals surface area contributed by atoms with Crippen LogP contribution in [0.4, 0.5) is 11.8 Å². The van der Waals surface area contributed by atoms with Gasteiger partial charge in [-0.3, -0.25) is 55.9 Å². The lowest BCUT2D eigenvalue weighted by Gasteiger charge is -2.25. The maximum atomic E-state index is 13.5. The van der Waals surface area contributed by atoms with E-state index in [0.29, 0.717) is 0 Å². The number of nitrogens with one attached hydrogen (secondary N) is 2. The van der Waals surface area contributed by atoms with E-state index in [4.69, 9.17) is 43.8 Å². The normalized spacial score (nSPS) is 30.5. The van der Waals surface area contributed by atoms with E-state index >= 15 is 0 Å². The molecule has 0 aromatic carbocycles. The molecule has 0 radical (unpaired) electrons. The topological polar surface area (TPSA) is 472 Å². The van der Waals surface area contributed by atoms with Crippen molar-refractivity contribution in [1.29, 1.82) is 0 Å². The predicted octanol–water partition coefficient (Wildman–Crippen LogP) is -4.32. The van der Waals surface area contributed by atoms with Crippen molar-refractivity contribution in [2.24, 2.45) is 0 Å². The number of imidazole rings is 1. The molecule has 64 heavy (non-hydrogen) atoms. The summed E-state index contributed by atoms with van der Waals surface area (Å²) < 4.78 is 83.3. The molecule has 0 spiro atoms. The van der Waals surface area contributed by atoms with Gasteiger partial charge < -0.3 is 60.6 Å². The molecule has 0 aliphatic carbocycles. The summed E-state index contributed by atoms with van der Waals surface area (Å²) in [5.74, 6) is -0.550. The Hall–Kier alpha value is -4.40. The van der Waals surface area contributed by atoms with Gasteiger partial charge in [0.1, 0.15) is 60.9 Å². The Balaban J connectivity index is 1.09. The summed E-state index contributed by atoms with van der Waals surface area (Å²) in [6.45, 7) is -1.72. The fraction of sp³-hybridized carbons (Fsp3) is 0.552. The number of phosphoric acid groups is 3. The minimum atomic E-state index is -5.44. The highest BCUT2D eigenvalue weighted by atomic mass is 31.2.